The van der Waals surface area contributed by atoms with E-state index in [1.807, 2.05) is 7.05 Å². The molecule has 0 fully saturated rings. The Morgan fingerprint density at radius 1 is 1.00 bits per heavy atom. The van der Waals surface area contributed by atoms with Crippen LogP contribution in [0.25, 0.3) is 0 Å². The van der Waals surface area contributed by atoms with E-state index >= 15 is 0 Å². The van der Waals surface area contributed by atoms with Gasteiger partial charge in [0.1, 0.15) is 0 Å². The van der Waals surface area contributed by atoms with Crippen molar-refractivity contribution in [3.8, 4) is 0 Å². The van der Waals surface area contributed by atoms with Crippen LogP contribution in [0.15, 0.2) is 48.5 Å². The van der Waals surface area contributed by atoms with Crippen molar-refractivity contribution >= 4 is 5.69 Å². The molecule has 2 aromatic rings. The summed E-state index contributed by atoms with van der Waals surface area (Å²) in [7, 11) is 1.97. The second-order valence-electron chi connectivity index (χ2n) is 5.23. The van der Waals surface area contributed by atoms with Gasteiger partial charge in [0, 0.05) is 31.9 Å². The maximum absolute atomic E-state index is 3.21. The molecule has 1 N–H and O–H groups in total. The van der Waals surface area contributed by atoms with Gasteiger partial charge in [-0.2, -0.15) is 0 Å². The van der Waals surface area contributed by atoms with E-state index in [2.05, 4.69) is 65.7 Å². The van der Waals surface area contributed by atoms with Crippen molar-refractivity contribution in [1.82, 2.24) is 4.90 Å². The van der Waals surface area contributed by atoms with E-state index in [0.717, 1.165) is 13.1 Å². The molecule has 98 valence electrons. The highest BCUT2D eigenvalue weighted by atomic mass is 15.2. The zero-order chi connectivity index (χ0) is 13.2. The molecule has 2 nitrogen and oxygen atoms in total. The van der Waals surface area contributed by atoms with Gasteiger partial charge in [-0.3, -0.25) is 4.90 Å². The molecule has 1 unspecified atom stereocenters. The van der Waals surface area contributed by atoms with Crippen molar-refractivity contribution in [3.05, 3.63) is 65.2 Å². The molecular formula is C17H20N2. The maximum atomic E-state index is 3.21. The molecule has 0 saturated heterocycles. The molecule has 0 saturated carbocycles. The first-order chi connectivity index (χ1) is 9.28. The van der Waals surface area contributed by atoms with Crippen molar-refractivity contribution in [2.75, 3.05) is 12.4 Å². The van der Waals surface area contributed by atoms with Crippen LogP contribution >= 0.6 is 0 Å². The molecule has 19 heavy (non-hydrogen) atoms. The Balaban J connectivity index is 1.80. The fourth-order valence-electron chi connectivity index (χ4n) is 2.79. The Hall–Kier alpha value is -1.80. The minimum absolute atomic E-state index is 0.464. The smallest absolute Gasteiger partial charge is 0.0341 e. The summed E-state index contributed by atoms with van der Waals surface area (Å²) in [5, 5.41) is 3.21. The van der Waals surface area contributed by atoms with E-state index in [9.17, 15) is 0 Å². The third-order valence-electron chi connectivity index (χ3n) is 4.07. The number of rotatable bonds is 3. The zero-order valence-electron chi connectivity index (χ0n) is 11.6. The van der Waals surface area contributed by atoms with Crippen molar-refractivity contribution in [2.45, 2.75) is 26.1 Å². The molecule has 0 bridgehead atoms. The first-order valence-electron chi connectivity index (χ1n) is 6.86. The maximum Gasteiger partial charge on any atom is 0.0341 e. The molecule has 1 aliphatic rings. The van der Waals surface area contributed by atoms with Gasteiger partial charge in [-0.05, 0) is 35.7 Å². The quantitative estimate of drug-likeness (QED) is 0.893. The van der Waals surface area contributed by atoms with Crippen LogP contribution in [0.2, 0.25) is 0 Å². The summed E-state index contributed by atoms with van der Waals surface area (Å²) in [6.07, 6.45) is 0. The molecule has 2 aromatic carbocycles. The number of benzene rings is 2. The van der Waals surface area contributed by atoms with E-state index in [-0.39, 0.29) is 0 Å². The standard InChI is InChI=1S/C17H20N2/c1-13(14-6-4-3-5-7-14)19-11-15-8-9-17(18-2)10-16(15)12-19/h3-10,13,18H,11-12H2,1-2H3. The fourth-order valence-corrected chi connectivity index (χ4v) is 2.79. The predicted molar refractivity (Wildman–Crippen MR) is 80.1 cm³/mol. The Kier molecular flexibility index (Phi) is 3.26. The Labute approximate surface area is 115 Å². The largest absolute Gasteiger partial charge is 0.388 e. The number of nitrogens with one attached hydrogen (secondary N) is 1. The first-order valence-corrected chi connectivity index (χ1v) is 6.86. The van der Waals surface area contributed by atoms with Crippen LogP contribution in [0.1, 0.15) is 29.7 Å². The zero-order valence-corrected chi connectivity index (χ0v) is 11.6. The molecule has 0 amide bonds. The predicted octanol–water partition coefficient (Wildman–Crippen LogP) is 3.81. The van der Waals surface area contributed by atoms with Gasteiger partial charge in [0.2, 0.25) is 0 Å². The van der Waals surface area contributed by atoms with E-state index in [1.54, 1.807) is 0 Å². The van der Waals surface area contributed by atoms with E-state index in [1.165, 1.54) is 22.4 Å². The average molecular weight is 252 g/mol. The summed E-state index contributed by atoms with van der Waals surface area (Å²) in [5.41, 5.74) is 5.51. The van der Waals surface area contributed by atoms with Gasteiger partial charge in [-0.25, -0.2) is 0 Å². The second-order valence-corrected chi connectivity index (χ2v) is 5.23. The lowest BCUT2D eigenvalue weighted by Gasteiger charge is -2.24. The third-order valence-corrected chi connectivity index (χ3v) is 4.07. The Bertz CT molecular complexity index is 563. The van der Waals surface area contributed by atoms with E-state index in [0.29, 0.717) is 6.04 Å². The van der Waals surface area contributed by atoms with Gasteiger partial charge in [0.05, 0.1) is 0 Å². The Morgan fingerprint density at radius 3 is 2.47 bits per heavy atom. The minimum atomic E-state index is 0.464. The molecule has 2 heteroatoms. The summed E-state index contributed by atoms with van der Waals surface area (Å²) in [6.45, 7) is 4.39. The summed E-state index contributed by atoms with van der Waals surface area (Å²) in [6, 6.07) is 17.9. The number of fused-ring (bicyclic) bond motifs is 1. The lowest BCUT2D eigenvalue weighted by molar-refractivity contribution is 0.215. The molecule has 3 rings (SSSR count). The monoisotopic (exact) mass is 252 g/mol. The van der Waals surface area contributed by atoms with E-state index in [4.69, 9.17) is 0 Å². The highest BCUT2D eigenvalue weighted by molar-refractivity contribution is 5.49. The van der Waals surface area contributed by atoms with Gasteiger partial charge < -0.3 is 5.32 Å². The lowest BCUT2D eigenvalue weighted by Crippen LogP contribution is -2.20. The summed E-state index contributed by atoms with van der Waals surface area (Å²) >= 11 is 0. The molecule has 1 atom stereocenters. The number of anilines is 1. The first kappa shape index (κ1) is 12.2. The van der Waals surface area contributed by atoms with Crippen LogP contribution in [-0.4, -0.2) is 11.9 Å². The van der Waals surface area contributed by atoms with Crippen LogP contribution in [0, 0.1) is 0 Å². The third kappa shape index (κ3) is 2.36. The topological polar surface area (TPSA) is 15.3 Å². The van der Waals surface area contributed by atoms with Crippen molar-refractivity contribution in [1.29, 1.82) is 0 Å². The van der Waals surface area contributed by atoms with Gasteiger partial charge in [0.25, 0.3) is 0 Å². The van der Waals surface area contributed by atoms with Crippen LogP contribution in [0.5, 0.6) is 0 Å². The summed E-state index contributed by atoms with van der Waals surface area (Å²) < 4.78 is 0. The molecule has 0 aromatic heterocycles. The summed E-state index contributed by atoms with van der Waals surface area (Å²) in [4.78, 5) is 2.53. The molecule has 0 aliphatic carbocycles. The molecule has 0 radical (unpaired) electrons. The van der Waals surface area contributed by atoms with E-state index < -0.39 is 0 Å². The number of hydrogen-bond acceptors (Lipinski definition) is 2. The second kappa shape index (κ2) is 5.06. The van der Waals surface area contributed by atoms with Gasteiger partial charge >= 0.3 is 0 Å². The highest BCUT2D eigenvalue weighted by Crippen LogP contribution is 2.32. The van der Waals surface area contributed by atoms with Crippen molar-refractivity contribution in [3.63, 3.8) is 0 Å². The van der Waals surface area contributed by atoms with Gasteiger partial charge in [0.15, 0.2) is 0 Å². The molecule has 0 spiro atoms. The SMILES string of the molecule is CNc1ccc2c(c1)CN(C(C)c1ccccc1)C2. The lowest BCUT2D eigenvalue weighted by atomic mass is 10.1. The normalized spacial score (nSPS) is 16.1. The average Bonchev–Trinajstić information content (AvgIpc) is 2.90. The molecule has 1 aliphatic heterocycles. The van der Waals surface area contributed by atoms with Crippen LogP contribution in [0.3, 0.4) is 0 Å². The van der Waals surface area contributed by atoms with Crippen LogP contribution in [-0.2, 0) is 13.1 Å². The number of nitrogens with zero attached hydrogens (tertiary/aromatic N) is 1. The van der Waals surface area contributed by atoms with Crippen LogP contribution < -0.4 is 5.32 Å². The minimum Gasteiger partial charge on any atom is -0.388 e. The summed E-state index contributed by atoms with van der Waals surface area (Å²) in [5.74, 6) is 0. The molecule has 1 heterocycles. The van der Waals surface area contributed by atoms with Crippen LogP contribution in [0.4, 0.5) is 5.69 Å². The van der Waals surface area contributed by atoms with Gasteiger partial charge in [-0.15, -0.1) is 0 Å². The highest BCUT2D eigenvalue weighted by Gasteiger charge is 2.23. The number of hydrogen-bond donors (Lipinski definition) is 1. The fraction of sp³-hybridized carbons (Fsp3) is 0.294. The molecular weight excluding hydrogens is 232 g/mol. The van der Waals surface area contributed by atoms with Crippen molar-refractivity contribution < 1.29 is 0 Å². The Morgan fingerprint density at radius 2 is 1.74 bits per heavy atom. The van der Waals surface area contributed by atoms with Gasteiger partial charge in [-0.1, -0.05) is 36.4 Å². The van der Waals surface area contributed by atoms with Crippen molar-refractivity contribution in [2.24, 2.45) is 0 Å².